The van der Waals surface area contributed by atoms with E-state index in [4.69, 9.17) is 9.47 Å². The Morgan fingerprint density at radius 3 is 2.47 bits per heavy atom. The fourth-order valence-electron chi connectivity index (χ4n) is 3.23. The number of carbonyl (C=O) groups is 2. The maximum atomic E-state index is 12.1. The summed E-state index contributed by atoms with van der Waals surface area (Å²) in [4.78, 5) is 24.1. The Morgan fingerprint density at radius 1 is 0.972 bits per heavy atom. The van der Waals surface area contributed by atoms with Gasteiger partial charge in [0, 0.05) is 24.1 Å². The number of amides is 2. The molecule has 0 saturated heterocycles. The molecular weight excluding hydrogens is 456 g/mol. The van der Waals surface area contributed by atoms with Gasteiger partial charge < -0.3 is 14.8 Å². The Bertz CT molecular complexity index is 1260. The van der Waals surface area contributed by atoms with Crippen molar-refractivity contribution in [3.05, 3.63) is 89.0 Å². The lowest BCUT2D eigenvalue weighted by molar-refractivity contribution is -0.124. The quantitative estimate of drug-likeness (QED) is 0.302. The van der Waals surface area contributed by atoms with Gasteiger partial charge in [0.25, 0.3) is 0 Å². The van der Waals surface area contributed by atoms with E-state index in [2.05, 4.69) is 21.9 Å². The Hall–Kier alpha value is -4.64. The minimum absolute atomic E-state index is 0.0101. The molecule has 3 rings (SSSR count). The molecule has 8 nitrogen and oxygen atoms in total. The lowest BCUT2D eigenvalue weighted by Crippen LogP contribution is -2.20. The monoisotopic (exact) mass is 484 g/mol. The van der Waals surface area contributed by atoms with Gasteiger partial charge in [0.1, 0.15) is 6.61 Å². The van der Waals surface area contributed by atoms with Gasteiger partial charge >= 0.3 is 0 Å². The molecule has 3 aromatic carbocycles. The van der Waals surface area contributed by atoms with Crippen LogP contribution in [-0.2, 0) is 16.2 Å². The molecule has 0 radical (unpaired) electrons. The molecule has 0 atom stereocenters. The van der Waals surface area contributed by atoms with E-state index >= 15 is 0 Å². The fourth-order valence-corrected chi connectivity index (χ4v) is 3.23. The van der Waals surface area contributed by atoms with E-state index in [0.717, 1.165) is 11.1 Å². The van der Waals surface area contributed by atoms with Crippen molar-refractivity contribution in [2.45, 2.75) is 33.3 Å². The zero-order valence-corrected chi connectivity index (χ0v) is 20.3. The lowest BCUT2D eigenvalue weighted by atomic mass is 10.1. The summed E-state index contributed by atoms with van der Waals surface area (Å²) in [6.45, 7) is 4.50. The highest BCUT2D eigenvalue weighted by atomic mass is 16.5. The molecule has 0 saturated carbocycles. The number of nitrogens with zero attached hydrogens (tertiary/aromatic N) is 2. The van der Waals surface area contributed by atoms with Crippen molar-refractivity contribution >= 4 is 23.7 Å². The highest BCUT2D eigenvalue weighted by Gasteiger charge is 2.09. The van der Waals surface area contributed by atoms with Crippen molar-refractivity contribution in [3.8, 4) is 17.6 Å². The van der Waals surface area contributed by atoms with Gasteiger partial charge in [0.15, 0.2) is 11.5 Å². The molecule has 2 amide bonds. The topological polar surface area (TPSA) is 113 Å². The standard InChI is InChI=1S/C28H28N4O4/c1-3-35-26-16-21(10-13-25(26)36-19-23-7-5-4-6-22(23)17-29)18-30-32-28(34)15-14-27(33)31-24-11-8-20(2)9-12-24/h4-13,16,18H,3,14-15,19H2,1-2H3,(H,31,33)(H,32,34). The predicted octanol–water partition coefficient (Wildman–Crippen LogP) is 4.71. The largest absolute Gasteiger partial charge is 0.490 e. The van der Waals surface area contributed by atoms with E-state index in [1.165, 1.54) is 6.21 Å². The first kappa shape index (κ1) is 26.0. The van der Waals surface area contributed by atoms with Crippen molar-refractivity contribution in [1.82, 2.24) is 5.43 Å². The van der Waals surface area contributed by atoms with Gasteiger partial charge in [-0.1, -0.05) is 35.9 Å². The molecule has 8 heteroatoms. The third-order valence-electron chi connectivity index (χ3n) is 5.11. The van der Waals surface area contributed by atoms with Crippen molar-refractivity contribution in [2.24, 2.45) is 5.10 Å². The average Bonchev–Trinajstić information content (AvgIpc) is 2.88. The Labute approximate surface area is 210 Å². The fraction of sp³-hybridized carbons (Fsp3) is 0.214. The van der Waals surface area contributed by atoms with Crippen LogP contribution in [0.4, 0.5) is 5.69 Å². The number of hydrazone groups is 1. The molecule has 0 fully saturated rings. The zero-order valence-electron chi connectivity index (χ0n) is 20.3. The summed E-state index contributed by atoms with van der Waals surface area (Å²) in [6.07, 6.45) is 1.54. The van der Waals surface area contributed by atoms with Gasteiger partial charge in [-0.25, -0.2) is 5.43 Å². The smallest absolute Gasteiger partial charge is 0.240 e. The maximum Gasteiger partial charge on any atom is 0.240 e. The van der Waals surface area contributed by atoms with Crippen LogP contribution in [0.1, 0.15) is 42.0 Å². The number of aryl methyl sites for hydroxylation is 1. The van der Waals surface area contributed by atoms with Crippen LogP contribution in [0.25, 0.3) is 0 Å². The first-order valence-corrected chi connectivity index (χ1v) is 11.5. The van der Waals surface area contributed by atoms with E-state index in [-0.39, 0.29) is 31.3 Å². The summed E-state index contributed by atoms with van der Waals surface area (Å²) < 4.78 is 11.6. The molecule has 0 spiro atoms. The first-order valence-electron chi connectivity index (χ1n) is 11.5. The zero-order chi connectivity index (χ0) is 25.8. The number of hydrogen-bond donors (Lipinski definition) is 2. The SMILES string of the molecule is CCOc1cc(C=NNC(=O)CCC(=O)Nc2ccc(C)cc2)ccc1OCc1ccccc1C#N. The number of benzene rings is 3. The number of ether oxygens (including phenoxy) is 2. The van der Waals surface area contributed by atoms with E-state index in [9.17, 15) is 14.9 Å². The highest BCUT2D eigenvalue weighted by Crippen LogP contribution is 2.29. The van der Waals surface area contributed by atoms with Crippen LogP contribution in [-0.4, -0.2) is 24.6 Å². The molecule has 36 heavy (non-hydrogen) atoms. The van der Waals surface area contributed by atoms with Gasteiger partial charge in [0.05, 0.1) is 24.5 Å². The van der Waals surface area contributed by atoms with E-state index in [1.54, 1.807) is 30.3 Å². The predicted molar refractivity (Wildman–Crippen MR) is 138 cm³/mol. The molecule has 0 aliphatic rings. The number of rotatable bonds is 11. The molecule has 2 N–H and O–H groups in total. The summed E-state index contributed by atoms with van der Waals surface area (Å²) in [7, 11) is 0. The van der Waals surface area contributed by atoms with Crippen molar-refractivity contribution in [3.63, 3.8) is 0 Å². The van der Waals surface area contributed by atoms with Crippen molar-refractivity contribution in [1.29, 1.82) is 5.26 Å². The normalized spacial score (nSPS) is 10.5. The Morgan fingerprint density at radius 2 is 1.72 bits per heavy atom. The summed E-state index contributed by atoms with van der Waals surface area (Å²) in [5, 5.41) is 16.0. The summed E-state index contributed by atoms with van der Waals surface area (Å²) >= 11 is 0. The summed E-state index contributed by atoms with van der Waals surface area (Å²) in [6, 6.07) is 22.1. The van der Waals surface area contributed by atoms with Crippen LogP contribution < -0.4 is 20.2 Å². The molecular formula is C28H28N4O4. The van der Waals surface area contributed by atoms with Crippen LogP contribution in [0, 0.1) is 18.3 Å². The van der Waals surface area contributed by atoms with Gasteiger partial charge in [-0.15, -0.1) is 0 Å². The number of carbonyl (C=O) groups excluding carboxylic acids is 2. The minimum Gasteiger partial charge on any atom is -0.490 e. The number of nitrogens with one attached hydrogen (secondary N) is 2. The molecule has 0 aromatic heterocycles. The molecule has 3 aromatic rings. The third-order valence-corrected chi connectivity index (χ3v) is 5.11. The summed E-state index contributed by atoms with van der Waals surface area (Å²) in [5.41, 5.74) is 6.25. The van der Waals surface area contributed by atoms with Crippen molar-refractivity contribution in [2.75, 3.05) is 11.9 Å². The molecule has 0 heterocycles. The Balaban J connectivity index is 1.51. The van der Waals surface area contributed by atoms with Crippen molar-refractivity contribution < 1.29 is 19.1 Å². The highest BCUT2D eigenvalue weighted by molar-refractivity contribution is 5.93. The second kappa shape index (κ2) is 13.3. The minimum atomic E-state index is -0.369. The Kier molecular flexibility index (Phi) is 9.60. The first-order chi connectivity index (χ1) is 17.5. The molecule has 184 valence electrons. The second-order valence-electron chi connectivity index (χ2n) is 7.90. The number of hydrogen-bond acceptors (Lipinski definition) is 6. The molecule has 0 aliphatic heterocycles. The number of anilines is 1. The molecule has 0 bridgehead atoms. The van der Waals surface area contributed by atoms with E-state index in [0.29, 0.717) is 34.9 Å². The van der Waals surface area contributed by atoms with Gasteiger partial charge in [-0.2, -0.15) is 10.4 Å². The molecule has 0 unspecified atom stereocenters. The van der Waals surface area contributed by atoms with Crippen LogP contribution in [0.3, 0.4) is 0 Å². The van der Waals surface area contributed by atoms with Crippen LogP contribution >= 0.6 is 0 Å². The van der Waals surface area contributed by atoms with Gasteiger partial charge in [-0.3, -0.25) is 9.59 Å². The van der Waals surface area contributed by atoms with E-state index < -0.39 is 0 Å². The molecule has 0 aliphatic carbocycles. The summed E-state index contributed by atoms with van der Waals surface area (Å²) in [5.74, 6) is 0.444. The third kappa shape index (κ3) is 7.99. The maximum absolute atomic E-state index is 12.1. The average molecular weight is 485 g/mol. The van der Waals surface area contributed by atoms with Crippen LogP contribution in [0.2, 0.25) is 0 Å². The van der Waals surface area contributed by atoms with E-state index in [1.807, 2.05) is 50.2 Å². The number of nitriles is 1. The van der Waals surface area contributed by atoms with Crippen LogP contribution in [0.15, 0.2) is 71.8 Å². The van der Waals surface area contributed by atoms with Crippen LogP contribution in [0.5, 0.6) is 11.5 Å². The van der Waals surface area contributed by atoms with Gasteiger partial charge in [0.2, 0.25) is 11.8 Å². The second-order valence-corrected chi connectivity index (χ2v) is 7.90. The lowest BCUT2D eigenvalue weighted by Gasteiger charge is -2.13. The van der Waals surface area contributed by atoms with Gasteiger partial charge in [-0.05, 0) is 55.8 Å².